The number of methoxy groups -OCH3 is 1. The quantitative estimate of drug-likeness (QED) is 0.605. The summed E-state index contributed by atoms with van der Waals surface area (Å²) in [6.45, 7) is 12.9. The van der Waals surface area contributed by atoms with Crippen molar-refractivity contribution in [3.63, 3.8) is 0 Å². The smallest absolute Gasteiger partial charge is 0.154 e. The van der Waals surface area contributed by atoms with E-state index < -0.39 is 0 Å². The van der Waals surface area contributed by atoms with E-state index in [0.717, 1.165) is 56.9 Å². The van der Waals surface area contributed by atoms with Crippen LogP contribution in [0.3, 0.4) is 0 Å². The van der Waals surface area contributed by atoms with Crippen molar-refractivity contribution in [1.82, 2.24) is 10.2 Å². The van der Waals surface area contributed by atoms with Crippen LogP contribution in [0.2, 0.25) is 0 Å². The summed E-state index contributed by atoms with van der Waals surface area (Å²) in [6, 6.07) is 1.95. The van der Waals surface area contributed by atoms with Gasteiger partial charge in [-0.1, -0.05) is 20.4 Å². The van der Waals surface area contributed by atoms with Gasteiger partial charge in [-0.15, -0.1) is 5.10 Å². The fraction of sp³-hybridized carbons (Fsp3) is 0.727. The molecule has 0 radical (unpaired) electrons. The maximum Gasteiger partial charge on any atom is 0.154 e. The molecule has 0 spiro atoms. The SMILES string of the molecule is C=CN.CC.CCOC1CC(OC2CCN(c3cc(OCCOC)cnn3)CC2)C1. The van der Waals surface area contributed by atoms with Gasteiger partial charge in [0.25, 0.3) is 0 Å². The van der Waals surface area contributed by atoms with Crippen LogP contribution in [-0.2, 0) is 14.2 Å². The fourth-order valence-electron chi connectivity index (χ4n) is 3.31. The molecule has 1 saturated carbocycles. The van der Waals surface area contributed by atoms with Crippen LogP contribution in [0.4, 0.5) is 5.82 Å². The standard InChI is InChI=1S/C18H29N3O4.C2H5N.C2H6/c1-3-23-15-10-16(11-15)25-14-4-6-21(7-5-14)18-12-17(13-19-20-18)24-9-8-22-2;1-2-3;1-2/h12-16H,3-11H2,1-2H3;2H,1,3H2;1-2H3. The Hall–Kier alpha value is -1.90. The Balaban J connectivity index is 0.000000826. The van der Waals surface area contributed by atoms with E-state index in [9.17, 15) is 0 Å². The predicted molar refractivity (Wildman–Crippen MR) is 120 cm³/mol. The summed E-state index contributed by atoms with van der Waals surface area (Å²) < 4.78 is 22.4. The summed E-state index contributed by atoms with van der Waals surface area (Å²) in [5.41, 5.74) is 4.61. The second kappa shape index (κ2) is 15.9. The number of nitrogens with two attached hydrogens (primary N) is 1. The van der Waals surface area contributed by atoms with E-state index in [4.69, 9.17) is 18.9 Å². The van der Waals surface area contributed by atoms with E-state index in [1.807, 2.05) is 26.8 Å². The van der Waals surface area contributed by atoms with Gasteiger partial charge in [-0.2, -0.15) is 5.10 Å². The van der Waals surface area contributed by atoms with Gasteiger partial charge < -0.3 is 29.6 Å². The zero-order valence-electron chi connectivity index (χ0n) is 19.1. The van der Waals surface area contributed by atoms with Gasteiger partial charge in [0.05, 0.1) is 31.1 Å². The molecule has 1 aromatic rings. The van der Waals surface area contributed by atoms with Gasteiger partial charge in [0.2, 0.25) is 0 Å². The van der Waals surface area contributed by atoms with Crippen LogP contribution in [0.1, 0.15) is 46.5 Å². The number of piperidine rings is 1. The van der Waals surface area contributed by atoms with Gasteiger partial charge in [-0.3, -0.25) is 0 Å². The molecule has 0 atom stereocenters. The summed E-state index contributed by atoms with van der Waals surface area (Å²) in [5.74, 6) is 1.60. The molecule has 0 bridgehead atoms. The molecule has 2 N–H and O–H groups in total. The number of ether oxygens (including phenoxy) is 4. The number of hydrogen-bond acceptors (Lipinski definition) is 8. The van der Waals surface area contributed by atoms with Crippen LogP contribution < -0.4 is 15.4 Å². The average Bonchev–Trinajstić information content (AvgIpc) is 2.75. The van der Waals surface area contributed by atoms with Crippen LogP contribution in [0.25, 0.3) is 0 Å². The molecular weight excluding hydrogens is 384 g/mol. The van der Waals surface area contributed by atoms with Crippen LogP contribution >= 0.6 is 0 Å². The van der Waals surface area contributed by atoms with Crippen molar-refractivity contribution < 1.29 is 18.9 Å². The van der Waals surface area contributed by atoms with Gasteiger partial charge >= 0.3 is 0 Å². The van der Waals surface area contributed by atoms with Crippen molar-refractivity contribution in [2.24, 2.45) is 5.73 Å². The highest BCUT2D eigenvalue weighted by atomic mass is 16.5. The zero-order chi connectivity index (χ0) is 22.2. The molecule has 8 nitrogen and oxygen atoms in total. The van der Waals surface area contributed by atoms with Crippen molar-refractivity contribution in [2.75, 3.05) is 44.9 Å². The van der Waals surface area contributed by atoms with E-state index in [1.54, 1.807) is 13.3 Å². The maximum absolute atomic E-state index is 6.20. The monoisotopic (exact) mass is 424 g/mol. The van der Waals surface area contributed by atoms with Crippen LogP contribution in [0.5, 0.6) is 5.75 Å². The second-order valence-electron chi connectivity index (χ2n) is 6.82. The Labute approximate surface area is 181 Å². The normalized spacial score (nSPS) is 20.7. The molecule has 2 aliphatic rings. The van der Waals surface area contributed by atoms with Gasteiger partial charge in [0.15, 0.2) is 5.82 Å². The highest BCUT2D eigenvalue weighted by Crippen LogP contribution is 2.30. The number of hydrogen-bond donors (Lipinski definition) is 1. The van der Waals surface area contributed by atoms with Crippen molar-refractivity contribution in [2.45, 2.75) is 64.8 Å². The highest BCUT2D eigenvalue weighted by Gasteiger charge is 2.33. The maximum atomic E-state index is 6.20. The minimum Gasteiger partial charge on any atom is -0.489 e. The van der Waals surface area contributed by atoms with Crippen molar-refractivity contribution in [3.05, 3.63) is 25.0 Å². The molecule has 1 saturated heterocycles. The van der Waals surface area contributed by atoms with Gasteiger partial charge in [-0.25, -0.2) is 0 Å². The molecule has 3 rings (SSSR count). The number of rotatable bonds is 9. The summed E-state index contributed by atoms with van der Waals surface area (Å²) >= 11 is 0. The summed E-state index contributed by atoms with van der Waals surface area (Å²) in [5, 5.41) is 8.29. The first-order valence-electron chi connectivity index (χ1n) is 11.0. The van der Waals surface area contributed by atoms with E-state index in [2.05, 4.69) is 27.4 Å². The Bertz CT molecular complexity index is 562. The molecule has 2 heterocycles. The Morgan fingerprint density at radius 3 is 2.43 bits per heavy atom. The number of aromatic nitrogens is 2. The molecule has 1 aromatic heterocycles. The van der Waals surface area contributed by atoms with E-state index in [0.29, 0.717) is 31.5 Å². The lowest BCUT2D eigenvalue weighted by molar-refractivity contribution is -0.127. The molecule has 0 unspecified atom stereocenters. The number of nitrogens with zero attached hydrogens (tertiary/aromatic N) is 3. The van der Waals surface area contributed by atoms with Crippen LogP contribution in [-0.4, -0.2) is 68.5 Å². The van der Waals surface area contributed by atoms with E-state index >= 15 is 0 Å². The molecule has 172 valence electrons. The lowest BCUT2D eigenvalue weighted by atomic mass is 9.91. The third-order valence-electron chi connectivity index (χ3n) is 4.78. The lowest BCUT2D eigenvalue weighted by Gasteiger charge is -2.39. The summed E-state index contributed by atoms with van der Waals surface area (Å²) in [7, 11) is 1.66. The van der Waals surface area contributed by atoms with Crippen LogP contribution in [0.15, 0.2) is 25.0 Å². The summed E-state index contributed by atoms with van der Waals surface area (Å²) in [6.07, 6.45) is 8.15. The average molecular weight is 425 g/mol. The fourth-order valence-corrected chi connectivity index (χ4v) is 3.31. The molecule has 8 heteroatoms. The highest BCUT2D eigenvalue weighted by molar-refractivity contribution is 5.42. The first kappa shape index (κ1) is 26.1. The number of anilines is 1. The lowest BCUT2D eigenvalue weighted by Crippen LogP contribution is -2.43. The Morgan fingerprint density at radius 2 is 1.83 bits per heavy atom. The van der Waals surface area contributed by atoms with E-state index in [-0.39, 0.29) is 0 Å². The van der Waals surface area contributed by atoms with Gasteiger partial charge in [0, 0.05) is 32.9 Å². The molecule has 0 amide bonds. The van der Waals surface area contributed by atoms with Crippen LogP contribution in [0, 0.1) is 0 Å². The van der Waals surface area contributed by atoms with Gasteiger partial charge in [-0.05, 0) is 38.8 Å². The first-order chi connectivity index (χ1) is 14.7. The first-order valence-corrected chi connectivity index (χ1v) is 11.0. The Kier molecular flexibility index (Phi) is 13.8. The van der Waals surface area contributed by atoms with Crippen molar-refractivity contribution in [1.29, 1.82) is 0 Å². The third kappa shape index (κ3) is 9.28. The molecule has 0 aromatic carbocycles. The second-order valence-corrected chi connectivity index (χ2v) is 6.82. The Morgan fingerprint density at radius 1 is 1.17 bits per heavy atom. The topological polar surface area (TPSA) is 92.0 Å². The van der Waals surface area contributed by atoms with Crippen molar-refractivity contribution >= 4 is 5.82 Å². The minimum atomic E-state index is 0.345. The van der Waals surface area contributed by atoms with Crippen molar-refractivity contribution in [3.8, 4) is 5.75 Å². The molecular formula is C22H40N4O4. The third-order valence-corrected chi connectivity index (χ3v) is 4.78. The largest absolute Gasteiger partial charge is 0.489 e. The summed E-state index contributed by atoms with van der Waals surface area (Å²) in [4.78, 5) is 2.25. The molecule has 2 fully saturated rings. The van der Waals surface area contributed by atoms with Gasteiger partial charge in [0.1, 0.15) is 12.4 Å². The predicted octanol–water partition coefficient (Wildman–Crippen LogP) is 3.17. The minimum absolute atomic E-state index is 0.345. The zero-order valence-corrected chi connectivity index (χ0v) is 19.1. The molecule has 30 heavy (non-hydrogen) atoms. The molecule has 1 aliphatic heterocycles. The van der Waals surface area contributed by atoms with E-state index in [1.165, 1.54) is 6.20 Å². The molecule has 1 aliphatic carbocycles.